The van der Waals surface area contributed by atoms with Gasteiger partial charge in [0, 0.05) is 19.0 Å². The summed E-state index contributed by atoms with van der Waals surface area (Å²) in [5.74, 6) is 0. The minimum absolute atomic E-state index is 0.0622. The standard InChI is InChI=1S/C10H8ClNO2S/c1-12(2)6-4-3-5(15-6)7-8(11)10(14)9(7)13/h3-4H,1-2H3. The van der Waals surface area contributed by atoms with E-state index in [0.717, 1.165) is 9.88 Å². The smallest absolute Gasteiger partial charge is 0.245 e. The first-order valence-electron chi connectivity index (χ1n) is 4.28. The van der Waals surface area contributed by atoms with Gasteiger partial charge in [0.1, 0.15) is 5.02 Å². The zero-order chi connectivity index (χ0) is 11.2. The Kier molecular flexibility index (Phi) is 2.40. The van der Waals surface area contributed by atoms with E-state index in [1.807, 2.05) is 31.1 Å². The average molecular weight is 242 g/mol. The molecule has 2 rings (SSSR count). The van der Waals surface area contributed by atoms with E-state index in [2.05, 4.69) is 0 Å². The van der Waals surface area contributed by atoms with Crippen LogP contribution in [0.25, 0.3) is 10.4 Å². The zero-order valence-corrected chi connectivity index (χ0v) is 9.78. The lowest BCUT2D eigenvalue weighted by atomic mass is 10.1. The van der Waals surface area contributed by atoms with Crippen molar-refractivity contribution >= 4 is 27.9 Å². The molecule has 0 bridgehead atoms. The van der Waals surface area contributed by atoms with Crippen molar-refractivity contribution in [2.45, 2.75) is 0 Å². The zero-order valence-electron chi connectivity index (χ0n) is 8.20. The minimum Gasteiger partial charge on any atom is -0.370 e. The molecule has 0 aliphatic carbocycles. The highest BCUT2D eigenvalue weighted by molar-refractivity contribution is 7.19. The molecule has 0 aliphatic rings. The molecule has 15 heavy (non-hydrogen) atoms. The molecule has 1 heterocycles. The van der Waals surface area contributed by atoms with Gasteiger partial charge in [0.2, 0.25) is 10.9 Å². The van der Waals surface area contributed by atoms with Gasteiger partial charge in [0.05, 0.1) is 10.6 Å². The Morgan fingerprint density at radius 1 is 1.20 bits per heavy atom. The van der Waals surface area contributed by atoms with Crippen molar-refractivity contribution in [1.29, 1.82) is 0 Å². The third-order valence-corrected chi connectivity index (χ3v) is 3.76. The molecule has 78 valence electrons. The second kappa shape index (κ2) is 3.47. The van der Waals surface area contributed by atoms with Crippen molar-refractivity contribution in [1.82, 2.24) is 0 Å². The van der Waals surface area contributed by atoms with Gasteiger partial charge in [-0.1, -0.05) is 11.6 Å². The summed E-state index contributed by atoms with van der Waals surface area (Å²) < 4.78 is 0. The van der Waals surface area contributed by atoms with E-state index in [1.165, 1.54) is 11.3 Å². The Bertz CT molecular complexity index is 578. The van der Waals surface area contributed by atoms with Crippen molar-refractivity contribution in [2.24, 2.45) is 0 Å². The van der Waals surface area contributed by atoms with Crippen molar-refractivity contribution < 1.29 is 0 Å². The topological polar surface area (TPSA) is 37.4 Å². The van der Waals surface area contributed by atoms with Crippen LogP contribution in [0.2, 0.25) is 5.02 Å². The highest BCUT2D eigenvalue weighted by atomic mass is 35.5. The molecule has 0 fully saturated rings. The molecule has 0 N–H and O–H groups in total. The van der Waals surface area contributed by atoms with Gasteiger partial charge >= 0.3 is 0 Å². The molecule has 1 aromatic heterocycles. The number of hydrogen-bond donors (Lipinski definition) is 0. The maximum Gasteiger partial charge on any atom is 0.245 e. The van der Waals surface area contributed by atoms with E-state index in [4.69, 9.17) is 11.6 Å². The molecule has 0 amide bonds. The molecule has 0 atom stereocenters. The maximum absolute atomic E-state index is 11.3. The number of rotatable bonds is 2. The van der Waals surface area contributed by atoms with Crippen LogP contribution in [0.5, 0.6) is 0 Å². The van der Waals surface area contributed by atoms with Gasteiger partial charge in [-0.25, -0.2) is 0 Å². The molecule has 0 spiro atoms. The van der Waals surface area contributed by atoms with Gasteiger partial charge in [-0.3, -0.25) is 9.59 Å². The number of hydrogen-bond acceptors (Lipinski definition) is 4. The third kappa shape index (κ3) is 1.50. The molecule has 0 aliphatic heterocycles. The second-order valence-corrected chi connectivity index (χ2v) is 4.82. The van der Waals surface area contributed by atoms with E-state index in [-0.39, 0.29) is 5.02 Å². The first kappa shape index (κ1) is 10.4. The Hall–Kier alpha value is -1.13. The lowest BCUT2D eigenvalue weighted by Crippen LogP contribution is -2.32. The molecule has 0 unspecified atom stereocenters. The van der Waals surface area contributed by atoms with Gasteiger partial charge in [-0.05, 0) is 12.1 Å². The van der Waals surface area contributed by atoms with Crippen LogP contribution in [0.4, 0.5) is 5.00 Å². The fourth-order valence-electron chi connectivity index (χ4n) is 1.29. The maximum atomic E-state index is 11.3. The van der Waals surface area contributed by atoms with Crippen molar-refractivity contribution in [3.8, 4) is 10.4 Å². The fourth-order valence-corrected chi connectivity index (χ4v) is 2.59. The fraction of sp³-hybridized carbons (Fsp3) is 0.200. The largest absolute Gasteiger partial charge is 0.370 e. The Morgan fingerprint density at radius 2 is 1.87 bits per heavy atom. The predicted molar refractivity (Wildman–Crippen MR) is 64.0 cm³/mol. The van der Waals surface area contributed by atoms with Crippen LogP contribution in [0.15, 0.2) is 21.7 Å². The number of halogens is 1. The number of thiophene rings is 1. The lowest BCUT2D eigenvalue weighted by molar-refractivity contribution is 1.16. The summed E-state index contributed by atoms with van der Waals surface area (Å²) in [4.78, 5) is 24.9. The second-order valence-electron chi connectivity index (χ2n) is 3.38. The highest BCUT2D eigenvalue weighted by Gasteiger charge is 2.21. The monoisotopic (exact) mass is 241 g/mol. The van der Waals surface area contributed by atoms with Gasteiger partial charge in [0.25, 0.3) is 0 Å². The predicted octanol–water partition coefficient (Wildman–Crippen LogP) is 1.73. The summed E-state index contributed by atoms with van der Waals surface area (Å²) in [6.45, 7) is 0. The van der Waals surface area contributed by atoms with E-state index in [9.17, 15) is 9.59 Å². The first-order chi connectivity index (χ1) is 7.02. The van der Waals surface area contributed by atoms with Crippen molar-refractivity contribution in [2.75, 3.05) is 19.0 Å². The summed E-state index contributed by atoms with van der Waals surface area (Å²) in [5.41, 5.74) is -0.696. The van der Waals surface area contributed by atoms with Crippen LogP contribution in [-0.4, -0.2) is 14.1 Å². The molecule has 5 heteroatoms. The first-order valence-corrected chi connectivity index (χ1v) is 5.48. The third-order valence-electron chi connectivity index (χ3n) is 2.13. The van der Waals surface area contributed by atoms with E-state index in [0.29, 0.717) is 5.56 Å². The van der Waals surface area contributed by atoms with Crippen LogP contribution in [-0.2, 0) is 0 Å². The SMILES string of the molecule is CN(C)c1ccc(-c2c(Cl)c(=O)c2=O)s1. The molecule has 2 aromatic rings. The van der Waals surface area contributed by atoms with Crippen LogP contribution < -0.4 is 15.8 Å². The quantitative estimate of drug-likeness (QED) is 0.752. The Labute approximate surface area is 95.2 Å². The van der Waals surface area contributed by atoms with Crippen molar-refractivity contribution in [3.63, 3.8) is 0 Å². The van der Waals surface area contributed by atoms with Crippen LogP contribution in [0, 0.1) is 0 Å². The van der Waals surface area contributed by atoms with Gasteiger partial charge in [-0.2, -0.15) is 0 Å². The molecule has 3 nitrogen and oxygen atoms in total. The van der Waals surface area contributed by atoms with Crippen LogP contribution in [0.1, 0.15) is 0 Å². The summed E-state index contributed by atoms with van der Waals surface area (Å²) >= 11 is 7.13. The number of anilines is 1. The van der Waals surface area contributed by atoms with Crippen LogP contribution in [0.3, 0.4) is 0 Å². The van der Waals surface area contributed by atoms with E-state index in [1.54, 1.807) is 0 Å². The molecule has 0 radical (unpaired) electrons. The molecular weight excluding hydrogens is 234 g/mol. The molecular formula is C10H8ClNO2S. The van der Waals surface area contributed by atoms with E-state index < -0.39 is 10.9 Å². The highest BCUT2D eigenvalue weighted by Crippen LogP contribution is 2.34. The summed E-state index contributed by atoms with van der Waals surface area (Å²) in [6, 6.07) is 3.70. The van der Waals surface area contributed by atoms with Gasteiger partial charge < -0.3 is 4.90 Å². The van der Waals surface area contributed by atoms with Gasteiger partial charge in [0.15, 0.2) is 0 Å². The average Bonchev–Trinajstić information content (AvgIpc) is 2.66. The number of nitrogens with zero attached hydrogens (tertiary/aromatic N) is 1. The van der Waals surface area contributed by atoms with Crippen molar-refractivity contribution in [3.05, 3.63) is 37.6 Å². The minimum atomic E-state index is -0.577. The summed E-state index contributed by atoms with van der Waals surface area (Å²) in [7, 11) is 3.83. The normalized spacial score (nSPS) is 10.9. The molecule has 0 saturated heterocycles. The molecule has 0 saturated carbocycles. The Balaban J connectivity index is 2.48. The Morgan fingerprint density at radius 3 is 2.33 bits per heavy atom. The van der Waals surface area contributed by atoms with Crippen LogP contribution >= 0.6 is 22.9 Å². The summed E-state index contributed by atoms with van der Waals surface area (Å²) in [5, 5.41) is 1.08. The van der Waals surface area contributed by atoms with E-state index >= 15 is 0 Å². The van der Waals surface area contributed by atoms with Gasteiger partial charge in [-0.15, -0.1) is 11.3 Å². The summed E-state index contributed by atoms with van der Waals surface area (Å²) in [6.07, 6.45) is 0. The lowest BCUT2D eigenvalue weighted by Gasteiger charge is -2.07. The molecule has 1 aromatic carbocycles.